The summed E-state index contributed by atoms with van der Waals surface area (Å²) >= 11 is 5.79. The molecular weight excluding hydrogens is 394 g/mol. The Labute approximate surface area is 171 Å². The Morgan fingerprint density at radius 1 is 0.931 bits per heavy atom. The number of hydrogen-bond acceptors (Lipinski definition) is 6. The third-order valence-electron chi connectivity index (χ3n) is 3.80. The number of carbonyl (C=O) groups is 2. The van der Waals surface area contributed by atoms with Crippen LogP contribution >= 0.6 is 11.6 Å². The predicted molar refractivity (Wildman–Crippen MR) is 109 cm³/mol. The fourth-order valence-electron chi connectivity index (χ4n) is 2.32. The van der Waals surface area contributed by atoms with Crippen LogP contribution in [0, 0.1) is 0 Å². The van der Waals surface area contributed by atoms with Gasteiger partial charge in [0.2, 0.25) is 0 Å². The van der Waals surface area contributed by atoms with Crippen molar-refractivity contribution in [2.75, 3.05) is 12.6 Å². The highest BCUT2D eigenvalue weighted by atomic mass is 35.5. The number of halogens is 1. The average Bonchev–Trinajstić information content (AvgIpc) is 2.77. The van der Waals surface area contributed by atoms with Gasteiger partial charge in [0.25, 0.3) is 5.91 Å². The Balaban J connectivity index is 1.58. The first kappa shape index (κ1) is 20.0. The number of azo groups is 1. The van der Waals surface area contributed by atoms with Crippen LogP contribution in [0.25, 0.3) is 0 Å². The van der Waals surface area contributed by atoms with Crippen LogP contribution in [0.2, 0.25) is 5.02 Å². The molecule has 1 amide bonds. The summed E-state index contributed by atoms with van der Waals surface area (Å²) in [6.45, 7) is 0. The van der Waals surface area contributed by atoms with Gasteiger partial charge in [0.05, 0.1) is 18.5 Å². The van der Waals surface area contributed by atoms with Gasteiger partial charge >= 0.3 is 5.97 Å². The summed E-state index contributed by atoms with van der Waals surface area (Å²) in [6, 6.07) is 19.6. The molecule has 3 rings (SSSR count). The average molecular weight is 410 g/mol. The van der Waals surface area contributed by atoms with E-state index < -0.39 is 11.9 Å². The van der Waals surface area contributed by atoms with Crippen molar-refractivity contribution < 1.29 is 19.2 Å². The maximum Gasteiger partial charge on any atom is 0.366 e. The van der Waals surface area contributed by atoms with E-state index >= 15 is 0 Å². The van der Waals surface area contributed by atoms with Crippen molar-refractivity contribution >= 4 is 34.9 Å². The first-order valence-electron chi connectivity index (χ1n) is 8.49. The summed E-state index contributed by atoms with van der Waals surface area (Å²) in [6.07, 6.45) is 0. The number of nitrogens with zero attached hydrogens (tertiary/aromatic N) is 2. The van der Waals surface area contributed by atoms with E-state index in [-0.39, 0.29) is 0 Å². The summed E-state index contributed by atoms with van der Waals surface area (Å²) in [5, 5.41) is 8.12. The van der Waals surface area contributed by atoms with Crippen LogP contribution < -0.4 is 10.2 Å². The molecule has 0 spiro atoms. The minimum Gasteiger partial charge on any atom is -0.496 e. The summed E-state index contributed by atoms with van der Waals surface area (Å²) in [5.41, 5.74) is 4.24. The van der Waals surface area contributed by atoms with E-state index in [2.05, 4.69) is 15.7 Å². The number of methoxy groups -OCH3 is 1. The van der Waals surface area contributed by atoms with E-state index in [1.54, 1.807) is 72.8 Å². The second kappa shape index (κ2) is 9.48. The lowest BCUT2D eigenvalue weighted by molar-refractivity contribution is 0.0592. The number of benzene rings is 3. The van der Waals surface area contributed by atoms with Crippen LogP contribution in [-0.2, 0) is 4.84 Å². The van der Waals surface area contributed by atoms with Crippen molar-refractivity contribution in [2.45, 2.75) is 0 Å². The van der Waals surface area contributed by atoms with E-state index in [0.717, 1.165) is 0 Å². The minimum absolute atomic E-state index is 0.300. The highest BCUT2D eigenvalue weighted by molar-refractivity contribution is 6.30. The third-order valence-corrected chi connectivity index (χ3v) is 4.06. The molecule has 0 fully saturated rings. The van der Waals surface area contributed by atoms with Gasteiger partial charge in [-0.2, -0.15) is 0 Å². The van der Waals surface area contributed by atoms with E-state index in [0.29, 0.717) is 33.3 Å². The van der Waals surface area contributed by atoms with Crippen LogP contribution in [0.1, 0.15) is 20.7 Å². The molecule has 146 valence electrons. The van der Waals surface area contributed by atoms with Crippen molar-refractivity contribution in [3.05, 3.63) is 88.9 Å². The molecule has 7 nitrogen and oxygen atoms in total. The molecule has 0 bridgehead atoms. The van der Waals surface area contributed by atoms with Crippen molar-refractivity contribution in [3.63, 3.8) is 0 Å². The van der Waals surface area contributed by atoms with E-state index in [1.807, 2.05) is 0 Å². The summed E-state index contributed by atoms with van der Waals surface area (Å²) in [5.74, 6) is -0.644. The van der Waals surface area contributed by atoms with Gasteiger partial charge in [0.1, 0.15) is 11.3 Å². The van der Waals surface area contributed by atoms with Gasteiger partial charge < -0.3 is 9.57 Å². The number of carbonyl (C=O) groups excluding carboxylic acids is 2. The van der Waals surface area contributed by atoms with Crippen LogP contribution in [0.3, 0.4) is 0 Å². The fraction of sp³-hybridized carbons (Fsp3) is 0.0476. The zero-order chi connectivity index (χ0) is 20.6. The molecule has 0 atom stereocenters. The van der Waals surface area contributed by atoms with Gasteiger partial charge in [0, 0.05) is 10.6 Å². The zero-order valence-corrected chi connectivity index (χ0v) is 16.1. The lowest BCUT2D eigenvalue weighted by atomic mass is 10.2. The Bertz CT molecular complexity index is 1030. The van der Waals surface area contributed by atoms with E-state index in [4.69, 9.17) is 21.2 Å². The van der Waals surface area contributed by atoms with Gasteiger partial charge in [-0.25, -0.2) is 10.3 Å². The molecule has 1 N–H and O–H groups in total. The van der Waals surface area contributed by atoms with Crippen molar-refractivity contribution in [1.29, 1.82) is 0 Å². The van der Waals surface area contributed by atoms with Crippen LogP contribution in [0.4, 0.5) is 11.4 Å². The molecule has 0 aromatic heterocycles. The monoisotopic (exact) mass is 409 g/mol. The topological polar surface area (TPSA) is 89.3 Å². The molecule has 0 unspecified atom stereocenters. The minimum atomic E-state index is -0.584. The highest BCUT2D eigenvalue weighted by Gasteiger charge is 2.13. The number of ether oxygens (including phenoxy) is 1. The summed E-state index contributed by atoms with van der Waals surface area (Å²) in [4.78, 5) is 29.2. The van der Waals surface area contributed by atoms with E-state index in [9.17, 15) is 9.59 Å². The first-order valence-corrected chi connectivity index (χ1v) is 8.86. The number of para-hydroxylation sites is 1. The van der Waals surface area contributed by atoms with Crippen molar-refractivity contribution in [3.8, 4) is 5.75 Å². The second-order valence-corrected chi connectivity index (χ2v) is 6.19. The predicted octanol–water partition coefficient (Wildman–Crippen LogP) is 5.46. The molecule has 0 aliphatic heterocycles. The maximum absolute atomic E-state index is 12.2. The molecule has 8 heteroatoms. The summed E-state index contributed by atoms with van der Waals surface area (Å²) in [7, 11) is 1.48. The SMILES string of the molecule is COc1ccccc1C(=O)ONc1ccc(N=NC(=O)c2ccc(Cl)cc2)cc1. The number of nitrogens with one attached hydrogen (secondary N) is 1. The lowest BCUT2D eigenvalue weighted by Gasteiger charge is -2.09. The van der Waals surface area contributed by atoms with Gasteiger partial charge in [-0.3, -0.25) is 4.79 Å². The number of rotatable bonds is 6. The van der Waals surface area contributed by atoms with Gasteiger partial charge in [0.15, 0.2) is 0 Å². The molecule has 3 aromatic carbocycles. The quantitative estimate of drug-likeness (QED) is 0.431. The molecule has 0 aliphatic rings. The molecule has 0 heterocycles. The molecule has 0 aliphatic carbocycles. The number of anilines is 1. The van der Waals surface area contributed by atoms with Crippen LogP contribution in [0.15, 0.2) is 83.0 Å². The number of amides is 1. The Kier molecular flexibility index (Phi) is 6.55. The molecule has 0 saturated heterocycles. The smallest absolute Gasteiger partial charge is 0.366 e. The normalized spacial score (nSPS) is 10.6. The van der Waals surface area contributed by atoms with Gasteiger partial charge in [-0.1, -0.05) is 23.7 Å². The highest BCUT2D eigenvalue weighted by Crippen LogP contribution is 2.20. The van der Waals surface area contributed by atoms with E-state index in [1.165, 1.54) is 7.11 Å². The molecule has 0 radical (unpaired) electrons. The summed E-state index contributed by atoms with van der Waals surface area (Å²) < 4.78 is 5.13. The molecule has 3 aromatic rings. The van der Waals surface area contributed by atoms with Crippen molar-refractivity contribution in [1.82, 2.24) is 0 Å². The third kappa shape index (κ3) is 5.40. The van der Waals surface area contributed by atoms with Gasteiger partial charge in [-0.05, 0) is 60.7 Å². The second-order valence-electron chi connectivity index (χ2n) is 5.75. The standard InChI is InChI=1S/C21H16ClN3O4/c1-28-19-5-3-2-4-18(19)21(27)29-25-17-12-10-16(11-13-17)23-24-20(26)14-6-8-15(22)9-7-14/h2-13,25H,1H3. The molecular formula is C21H16ClN3O4. The fourth-order valence-corrected chi connectivity index (χ4v) is 2.45. The molecule has 29 heavy (non-hydrogen) atoms. The maximum atomic E-state index is 12.2. The van der Waals surface area contributed by atoms with Crippen LogP contribution in [0.5, 0.6) is 5.75 Å². The van der Waals surface area contributed by atoms with Gasteiger partial charge in [-0.15, -0.1) is 10.2 Å². The Morgan fingerprint density at radius 2 is 1.62 bits per heavy atom. The first-order chi connectivity index (χ1) is 14.1. The zero-order valence-electron chi connectivity index (χ0n) is 15.3. The Hall–Kier alpha value is -3.71. The molecule has 0 saturated carbocycles. The Morgan fingerprint density at radius 3 is 2.31 bits per heavy atom. The number of hydrogen-bond donors (Lipinski definition) is 1. The lowest BCUT2D eigenvalue weighted by Crippen LogP contribution is -2.11. The van der Waals surface area contributed by atoms with Crippen LogP contribution in [-0.4, -0.2) is 19.0 Å². The largest absolute Gasteiger partial charge is 0.496 e. The van der Waals surface area contributed by atoms with Crippen molar-refractivity contribution in [2.24, 2.45) is 10.2 Å².